The molecule has 0 spiro atoms. The number of halogens is 1. The van der Waals surface area contributed by atoms with Crippen LogP contribution < -0.4 is 10.6 Å². The van der Waals surface area contributed by atoms with Gasteiger partial charge in [-0.15, -0.1) is 12.4 Å². The molecule has 21 heavy (non-hydrogen) atoms. The fourth-order valence-corrected chi connectivity index (χ4v) is 1.90. The zero-order valence-corrected chi connectivity index (χ0v) is 13.1. The van der Waals surface area contributed by atoms with Gasteiger partial charge in [0, 0.05) is 17.9 Å². The van der Waals surface area contributed by atoms with Gasteiger partial charge < -0.3 is 10.6 Å². The van der Waals surface area contributed by atoms with Crippen LogP contribution in [0.1, 0.15) is 35.6 Å². The minimum atomic E-state index is -0.190. The Balaban J connectivity index is 0.00000220. The van der Waals surface area contributed by atoms with Gasteiger partial charge in [0.15, 0.2) is 5.69 Å². The van der Waals surface area contributed by atoms with Crippen molar-refractivity contribution in [1.29, 1.82) is 0 Å². The zero-order valence-electron chi connectivity index (χ0n) is 12.3. The van der Waals surface area contributed by atoms with Crippen LogP contribution in [0.15, 0.2) is 30.3 Å². The van der Waals surface area contributed by atoms with Crippen molar-refractivity contribution in [2.45, 2.75) is 26.8 Å². The molecule has 1 amide bonds. The van der Waals surface area contributed by atoms with E-state index < -0.39 is 0 Å². The fraction of sp³-hybridized carbons (Fsp3) is 0.333. The number of hydrogen-bond acceptors (Lipinski definition) is 3. The third kappa shape index (κ3) is 4.58. The highest BCUT2D eigenvalue weighted by Gasteiger charge is 2.11. The molecule has 0 bridgehead atoms. The van der Waals surface area contributed by atoms with Crippen molar-refractivity contribution >= 4 is 24.0 Å². The third-order valence-electron chi connectivity index (χ3n) is 3.08. The normalized spacial score (nSPS) is 10.0. The maximum absolute atomic E-state index is 12.2. The number of amides is 1. The average Bonchev–Trinajstić information content (AvgIpc) is 2.95. The lowest BCUT2D eigenvalue weighted by Crippen LogP contribution is -2.17. The topological polar surface area (TPSA) is 69.8 Å². The van der Waals surface area contributed by atoms with Crippen LogP contribution in [-0.4, -0.2) is 22.6 Å². The molecule has 0 aliphatic carbocycles. The molecule has 0 aliphatic heterocycles. The minimum absolute atomic E-state index is 0. The van der Waals surface area contributed by atoms with Crippen LogP contribution in [0.5, 0.6) is 0 Å². The zero-order chi connectivity index (χ0) is 14.4. The van der Waals surface area contributed by atoms with Gasteiger partial charge in [0.1, 0.15) is 0 Å². The largest absolute Gasteiger partial charge is 0.320 e. The van der Waals surface area contributed by atoms with E-state index in [-0.39, 0.29) is 18.3 Å². The van der Waals surface area contributed by atoms with Gasteiger partial charge in [-0.25, -0.2) is 0 Å². The molecule has 5 nitrogen and oxygen atoms in total. The Bertz CT molecular complexity index is 583. The molecule has 2 rings (SSSR count). The standard InChI is InChI=1S/C15H20N4O.ClH/c1-3-12-9-14(19-18-12)15(20)17-13-8-6-5-7-11(13)10-16-4-2;/h5-9,16H,3-4,10H2,1-2H3,(H,17,20)(H,18,19);1H. The van der Waals surface area contributed by atoms with Gasteiger partial charge in [-0.2, -0.15) is 5.10 Å². The van der Waals surface area contributed by atoms with E-state index >= 15 is 0 Å². The van der Waals surface area contributed by atoms with Gasteiger partial charge >= 0.3 is 0 Å². The summed E-state index contributed by atoms with van der Waals surface area (Å²) in [6.45, 7) is 5.69. The number of benzene rings is 1. The molecule has 0 saturated carbocycles. The molecular weight excluding hydrogens is 288 g/mol. The molecule has 114 valence electrons. The highest BCUT2D eigenvalue weighted by molar-refractivity contribution is 6.03. The monoisotopic (exact) mass is 308 g/mol. The number of H-pyrrole nitrogens is 1. The number of aromatic nitrogens is 2. The number of nitrogens with one attached hydrogen (secondary N) is 3. The molecule has 0 aliphatic rings. The fourth-order valence-electron chi connectivity index (χ4n) is 1.90. The van der Waals surface area contributed by atoms with Gasteiger partial charge in [-0.1, -0.05) is 32.0 Å². The number of anilines is 1. The molecule has 0 unspecified atom stereocenters. The second-order valence-electron chi connectivity index (χ2n) is 4.52. The number of nitrogens with zero attached hydrogens (tertiary/aromatic N) is 1. The van der Waals surface area contributed by atoms with Gasteiger partial charge in [-0.05, 0) is 30.7 Å². The first-order chi connectivity index (χ1) is 9.74. The second-order valence-corrected chi connectivity index (χ2v) is 4.52. The summed E-state index contributed by atoms with van der Waals surface area (Å²) in [7, 11) is 0. The SMILES string of the molecule is CCNCc1ccccc1NC(=O)c1cc(CC)[nH]n1.Cl. The maximum atomic E-state index is 12.2. The van der Waals surface area contributed by atoms with E-state index in [4.69, 9.17) is 0 Å². The Hall–Kier alpha value is -1.85. The van der Waals surface area contributed by atoms with Crippen molar-refractivity contribution in [3.8, 4) is 0 Å². The second kappa shape index (κ2) is 8.44. The molecule has 0 fully saturated rings. The lowest BCUT2D eigenvalue weighted by molar-refractivity contribution is 0.102. The van der Waals surface area contributed by atoms with E-state index in [9.17, 15) is 4.79 Å². The minimum Gasteiger partial charge on any atom is -0.320 e. The summed E-state index contributed by atoms with van der Waals surface area (Å²) >= 11 is 0. The quantitative estimate of drug-likeness (QED) is 0.768. The van der Waals surface area contributed by atoms with Crippen molar-refractivity contribution in [2.24, 2.45) is 0 Å². The summed E-state index contributed by atoms with van der Waals surface area (Å²) in [6.07, 6.45) is 0.831. The average molecular weight is 309 g/mol. The van der Waals surface area contributed by atoms with E-state index in [2.05, 4.69) is 27.8 Å². The van der Waals surface area contributed by atoms with Crippen LogP contribution in [0, 0.1) is 0 Å². The molecule has 6 heteroatoms. The molecule has 1 aromatic carbocycles. The Morgan fingerprint density at radius 3 is 2.71 bits per heavy atom. The third-order valence-corrected chi connectivity index (χ3v) is 3.08. The lowest BCUT2D eigenvalue weighted by atomic mass is 10.1. The van der Waals surface area contributed by atoms with E-state index in [1.165, 1.54) is 0 Å². The Labute approximate surface area is 130 Å². The van der Waals surface area contributed by atoms with Crippen LogP contribution in [0.4, 0.5) is 5.69 Å². The number of rotatable bonds is 6. The number of carbonyl (C=O) groups is 1. The molecule has 3 N–H and O–H groups in total. The first kappa shape index (κ1) is 17.2. The summed E-state index contributed by atoms with van der Waals surface area (Å²) in [6, 6.07) is 9.56. The Morgan fingerprint density at radius 1 is 1.29 bits per heavy atom. The van der Waals surface area contributed by atoms with Gasteiger partial charge in [-0.3, -0.25) is 9.89 Å². The van der Waals surface area contributed by atoms with Crippen molar-refractivity contribution in [3.05, 3.63) is 47.3 Å². The molecule has 1 aromatic heterocycles. The summed E-state index contributed by atoms with van der Waals surface area (Å²) < 4.78 is 0. The molecule has 2 aromatic rings. The highest BCUT2D eigenvalue weighted by atomic mass is 35.5. The summed E-state index contributed by atoms with van der Waals surface area (Å²) in [5.74, 6) is -0.190. The Kier molecular flexibility index (Phi) is 6.91. The van der Waals surface area contributed by atoms with Crippen molar-refractivity contribution in [3.63, 3.8) is 0 Å². The number of para-hydroxylation sites is 1. The number of aryl methyl sites for hydroxylation is 1. The van der Waals surface area contributed by atoms with Crippen LogP contribution in [0.25, 0.3) is 0 Å². The van der Waals surface area contributed by atoms with Crippen LogP contribution in [-0.2, 0) is 13.0 Å². The highest BCUT2D eigenvalue weighted by Crippen LogP contribution is 2.16. The smallest absolute Gasteiger partial charge is 0.276 e. The predicted molar refractivity (Wildman–Crippen MR) is 87.0 cm³/mol. The van der Waals surface area contributed by atoms with Crippen molar-refractivity contribution in [1.82, 2.24) is 15.5 Å². The summed E-state index contributed by atoms with van der Waals surface area (Å²) in [4.78, 5) is 12.2. The number of hydrogen-bond donors (Lipinski definition) is 3. The summed E-state index contributed by atoms with van der Waals surface area (Å²) in [5, 5.41) is 13.0. The van der Waals surface area contributed by atoms with Gasteiger partial charge in [0.05, 0.1) is 0 Å². The first-order valence-corrected chi connectivity index (χ1v) is 6.88. The predicted octanol–water partition coefficient (Wildman–Crippen LogP) is 2.76. The van der Waals surface area contributed by atoms with Gasteiger partial charge in [0.2, 0.25) is 0 Å². The maximum Gasteiger partial charge on any atom is 0.276 e. The summed E-state index contributed by atoms with van der Waals surface area (Å²) in [5.41, 5.74) is 3.25. The van der Waals surface area contributed by atoms with E-state index in [1.54, 1.807) is 6.07 Å². The first-order valence-electron chi connectivity index (χ1n) is 6.88. The van der Waals surface area contributed by atoms with E-state index in [0.29, 0.717) is 5.69 Å². The van der Waals surface area contributed by atoms with Crippen LogP contribution in [0.3, 0.4) is 0 Å². The molecular formula is C15H21ClN4O. The molecule has 1 heterocycles. The van der Waals surface area contributed by atoms with Crippen molar-refractivity contribution in [2.75, 3.05) is 11.9 Å². The van der Waals surface area contributed by atoms with Crippen molar-refractivity contribution < 1.29 is 4.79 Å². The van der Waals surface area contributed by atoms with E-state index in [0.717, 1.165) is 36.5 Å². The molecule has 0 atom stereocenters. The van der Waals surface area contributed by atoms with Crippen LogP contribution in [0.2, 0.25) is 0 Å². The number of aromatic amines is 1. The van der Waals surface area contributed by atoms with Gasteiger partial charge in [0.25, 0.3) is 5.91 Å². The number of carbonyl (C=O) groups excluding carboxylic acids is 1. The molecule has 0 saturated heterocycles. The lowest BCUT2D eigenvalue weighted by Gasteiger charge is -2.10. The van der Waals surface area contributed by atoms with Crippen LogP contribution >= 0.6 is 12.4 Å². The molecule has 0 radical (unpaired) electrons. The van der Waals surface area contributed by atoms with E-state index in [1.807, 2.05) is 31.2 Å². The Morgan fingerprint density at radius 2 is 2.05 bits per heavy atom.